The highest BCUT2D eigenvalue weighted by Crippen LogP contribution is 2.33. The van der Waals surface area contributed by atoms with Crippen molar-refractivity contribution in [3.05, 3.63) is 71.2 Å². The molecule has 1 aliphatic heterocycles. The Kier molecular flexibility index (Phi) is 8.39. The molecule has 40 heavy (non-hydrogen) atoms. The summed E-state index contributed by atoms with van der Waals surface area (Å²) in [6.45, 7) is 3.94. The average Bonchev–Trinajstić information content (AvgIpc) is 3.30. The number of nitrogens with one attached hydrogen (secondary N) is 2. The molecular weight excluding hydrogens is 531 g/mol. The molecule has 2 aromatic carbocycles. The van der Waals surface area contributed by atoms with Gasteiger partial charge in [0.15, 0.2) is 11.4 Å². The molecule has 5 rings (SSSR count). The number of aromatic nitrogens is 4. The monoisotopic (exact) mass is 562 g/mol. The van der Waals surface area contributed by atoms with Crippen molar-refractivity contribution in [2.45, 2.75) is 6.42 Å². The first kappa shape index (κ1) is 27.7. The lowest BCUT2D eigenvalue weighted by Crippen LogP contribution is -2.44. The first-order chi connectivity index (χ1) is 19.3. The molecule has 0 amide bonds. The van der Waals surface area contributed by atoms with E-state index in [1.54, 1.807) is 18.2 Å². The Morgan fingerprint density at radius 1 is 1.15 bits per heavy atom. The number of H-pyrrole nitrogens is 1. The zero-order valence-electron chi connectivity index (χ0n) is 22.8. The number of nitrogens with zero attached hydrogens (tertiary/aromatic N) is 6. The van der Waals surface area contributed by atoms with Gasteiger partial charge in [-0.25, -0.2) is 9.37 Å². The molecule has 11 heteroatoms. The second-order valence-corrected chi connectivity index (χ2v) is 10.6. The molecule has 2 aromatic heterocycles. The molecule has 4 aromatic rings. The minimum atomic E-state index is -0.269. The van der Waals surface area contributed by atoms with Crippen molar-refractivity contribution in [3.8, 4) is 11.3 Å². The van der Waals surface area contributed by atoms with E-state index in [-0.39, 0.29) is 18.0 Å². The molecule has 0 aliphatic carbocycles. The van der Waals surface area contributed by atoms with Gasteiger partial charge in [0.05, 0.1) is 16.8 Å². The van der Waals surface area contributed by atoms with Crippen LogP contribution in [0.3, 0.4) is 0 Å². The fourth-order valence-electron chi connectivity index (χ4n) is 4.65. The summed E-state index contributed by atoms with van der Waals surface area (Å²) in [5.74, 6) is 0.0480. The largest absolute Gasteiger partial charge is 0.367 e. The van der Waals surface area contributed by atoms with Crippen LogP contribution >= 0.6 is 11.6 Å². The first-order valence-corrected chi connectivity index (χ1v) is 13.5. The number of allylic oxidation sites excluding steroid dienone is 1. The third kappa shape index (κ3) is 6.47. The predicted octanol–water partition coefficient (Wildman–Crippen LogP) is 4.54. The summed E-state index contributed by atoms with van der Waals surface area (Å²) in [7, 11) is 5.97. The van der Waals surface area contributed by atoms with Crippen molar-refractivity contribution in [1.29, 1.82) is 0 Å². The number of carbonyl (C=O) groups excluding carboxylic acids is 1. The number of hydrogen-bond acceptors (Lipinski definition) is 8. The van der Waals surface area contributed by atoms with Crippen molar-refractivity contribution >= 4 is 45.7 Å². The quantitative estimate of drug-likeness (QED) is 0.287. The van der Waals surface area contributed by atoms with Gasteiger partial charge in [-0.05, 0) is 57.0 Å². The lowest BCUT2D eigenvalue weighted by molar-refractivity contribution is -0.114. The molecule has 0 saturated carbocycles. The second-order valence-electron chi connectivity index (χ2n) is 10.2. The summed E-state index contributed by atoms with van der Waals surface area (Å²) < 4.78 is 14.7. The van der Waals surface area contributed by atoms with Gasteiger partial charge in [0.25, 0.3) is 0 Å². The van der Waals surface area contributed by atoms with Crippen molar-refractivity contribution in [1.82, 2.24) is 30.0 Å². The summed E-state index contributed by atoms with van der Waals surface area (Å²) in [4.78, 5) is 28.1. The molecule has 3 heterocycles. The van der Waals surface area contributed by atoms with Crippen LogP contribution in [0.1, 0.15) is 5.56 Å². The summed E-state index contributed by atoms with van der Waals surface area (Å²) in [6, 6.07) is 12.5. The number of rotatable bonds is 9. The van der Waals surface area contributed by atoms with Gasteiger partial charge >= 0.3 is 0 Å². The van der Waals surface area contributed by atoms with Crippen LogP contribution in [0.15, 0.2) is 54.6 Å². The highest BCUT2D eigenvalue weighted by Gasteiger charge is 2.20. The maximum Gasteiger partial charge on any atom is 0.229 e. The van der Waals surface area contributed by atoms with Crippen LogP contribution in [0.5, 0.6) is 0 Å². The molecular formula is C29H32ClFN8O. The van der Waals surface area contributed by atoms with Crippen molar-refractivity contribution in [2.24, 2.45) is 0 Å². The number of benzene rings is 2. The lowest BCUT2D eigenvalue weighted by Gasteiger charge is -2.34. The summed E-state index contributed by atoms with van der Waals surface area (Å²) in [5.41, 5.74) is 3.80. The zero-order valence-corrected chi connectivity index (χ0v) is 23.5. The minimum absolute atomic E-state index is 0.0167. The van der Waals surface area contributed by atoms with Crippen molar-refractivity contribution in [3.63, 3.8) is 0 Å². The van der Waals surface area contributed by atoms with Gasteiger partial charge in [-0.3, -0.25) is 9.89 Å². The Labute approximate surface area is 237 Å². The number of fused-ring (bicyclic) bond motifs is 1. The number of piperazine rings is 1. The molecule has 0 radical (unpaired) electrons. The standard InChI is InChI=1S/C29H32ClFN8O/c1-37(2)11-5-8-22(40)17-19-6-4-7-20(16-19)26-25-27(30)35-36-28(25)34-29(33-26)32-21-9-10-23(31)24(18-21)39-14-12-38(3)13-15-39/h4-10,16,18H,11-15,17H2,1-3H3,(H2,32,33,34,35,36)/b8-5+. The zero-order chi connectivity index (χ0) is 28.2. The van der Waals surface area contributed by atoms with Crippen LogP contribution in [0.2, 0.25) is 5.15 Å². The molecule has 1 aliphatic rings. The summed E-state index contributed by atoms with van der Waals surface area (Å²) in [5, 5.41) is 11.2. The Morgan fingerprint density at radius 3 is 2.73 bits per heavy atom. The third-order valence-electron chi connectivity index (χ3n) is 6.77. The summed E-state index contributed by atoms with van der Waals surface area (Å²) in [6.07, 6.45) is 3.73. The topological polar surface area (TPSA) is 93.3 Å². The van der Waals surface area contributed by atoms with Gasteiger partial charge in [0.2, 0.25) is 5.95 Å². The van der Waals surface area contributed by atoms with E-state index in [0.717, 1.165) is 37.3 Å². The van der Waals surface area contributed by atoms with E-state index in [9.17, 15) is 9.18 Å². The van der Waals surface area contributed by atoms with Gasteiger partial charge < -0.3 is 20.0 Å². The Bertz CT molecular complexity index is 1540. The fourth-order valence-corrected chi connectivity index (χ4v) is 4.86. The molecule has 9 nitrogen and oxygen atoms in total. The highest BCUT2D eigenvalue weighted by atomic mass is 35.5. The number of aromatic amines is 1. The summed E-state index contributed by atoms with van der Waals surface area (Å²) >= 11 is 6.45. The molecule has 0 unspecified atom stereocenters. The van der Waals surface area contributed by atoms with Crippen molar-refractivity contribution in [2.75, 3.05) is 64.1 Å². The van der Waals surface area contributed by atoms with Gasteiger partial charge in [0, 0.05) is 50.4 Å². The van der Waals surface area contributed by atoms with Crippen LogP contribution < -0.4 is 10.2 Å². The van der Waals surface area contributed by atoms with E-state index in [0.29, 0.717) is 45.7 Å². The van der Waals surface area contributed by atoms with Gasteiger partial charge in [0.1, 0.15) is 11.0 Å². The number of carbonyl (C=O) groups is 1. The van der Waals surface area contributed by atoms with Crippen LogP contribution in [-0.2, 0) is 11.2 Å². The van der Waals surface area contributed by atoms with E-state index < -0.39 is 0 Å². The number of hydrogen-bond donors (Lipinski definition) is 2. The molecule has 1 saturated heterocycles. The Morgan fingerprint density at radius 2 is 1.95 bits per heavy atom. The van der Waals surface area contributed by atoms with Gasteiger partial charge in [-0.1, -0.05) is 35.9 Å². The van der Waals surface area contributed by atoms with Crippen LogP contribution in [0.25, 0.3) is 22.3 Å². The van der Waals surface area contributed by atoms with Crippen LogP contribution in [0, 0.1) is 5.82 Å². The fraction of sp³-hybridized carbons (Fsp3) is 0.310. The first-order valence-electron chi connectivity index (χ1n) is 13.1. The van der Waals surface area contributed by atoms with Crippen LogP contribution in [-0.4, -0.2) is 89.6 Å². The van der Waals surface area contributed by atoms with E-state index in [2.05, 4.69) is 32.4 Å². The Balaban J connectivity index is 1.43. The maximum atomic E-state index is 14.7. The van der Waals surface area contributed by atoms with Gasteiger partial charge in [-0.2, -0.15) is 10.1 Å². The molecule has 0 bridgehead atoms. The molecule has 0 atom stereocenters. The van der Waals surface area contributed by atoms with Crippen LogP contribution in [0.4, 0.5) is 21.7 Å². The number of likely N-dealkylation sites (N-methyl/N-ethyl adjacent to an activating group) is 2. The number of halogens is 2. The van der Waals surface area contributed by atoms with Crippen molar-refractivity contribution < 1.29 is 9.18 Å². The molecule has 208 valence electrons. The molecule has 1 fully saturated rings. The van der Waals surface area contributed by atoms with E-state index >= 15 is 0 Å². The lowest BCUT2D eigenvalue weighted by atomic mass is 10.0. The smallest absolute Gasteiger partial charge is 0.229 e. The highest BCUT2D eigenvalue weighted by molar-refractivity contribution is 6.35. The average molecular weight is 563 g/mol. The SMILES string of the molecule is CN(C)C/C=C/C(=O)Cc1cccc(-c2nc(Nc3ccc(F)c(N4CCN(C)CC4)c3)nc3n[nH]c(Cl)c23)c1. The maximum absolute atomic E-state index is 14.7. The Hall–Kier alpha value is -3.86. The predicted molar refractivity (Wildman–Crippen MR) is 158 cm³/mol. The van der Waals surface area contributed by atoms with E-state index in [4.69, 9.17) is 16.6 Å². The molecule has 2 N–H and O–H groups in total. The second kappa shape index (κ2) is 12.1. The normalized spacial score (nSPS) is 14.5. The molecule has 0 spiro atoms. The number of anilines is 3. The van der Waals surface area contributed by atoms with Gasteiger partial charge in [-0.15, -0.1) is 0 Å². The van der Waals surface area contributed by atoms with E-state index in [1.165, 1.54) is 6.07 Å². The third-order valence-corrected chi connectivity index (χ3v) is 7.04. The minimum Gasteiger partial charge on any atom is -0.367 e. The van der Waals surface area contributed by atoms with E-state index in [1.807, 2.05) is 54.2 Å². The number of ketones is 1.